The summed E-state index contributed by atoms with van der Waals surface area (Å²) in [7, 11) is -1.19. The molecular formula is C16H19N3O2S. The predicted molar refractivity (Wildman–Crippen MR) is 86.8 cm³/mol. The first-order chi connectivity index (χ1) is 10.5. The third-order valence-corrected chi connectivity index (χ3v) is 3.84. The topological polar surface area (TPSA) is 72.0 Å². The standard InChI is InChI=1S/C16H19N3O2S/c1-11(18-12(2)20)10-13-4-6-14(7-5-13)15-8-9-17-16(19-15)22(3)21/h4-9,11H,10H2,1-3H3,(H,18,20). The Balaban J connectivity index is 2.13. The van der Waals surface area contributed by atoms with Gasteiger partial charge in [0.15, 0.2) is 0 Å². The first kappa shape index (κ1) is 16.3. The summed E-state index contributed by atoms with van der Waals surface area (Å²) in [5.74, 6) is -0.0230. The molecule has 1 aromatic carbocycles. The van der Waals surface area contributed by atoms with Crippen LogP contribution < -0.4 is 5.32 Å². The maximum absolute atomic E-state index is 11.4. The van der Waals surface area contributed by atoms with Crippen molar-refractivity contribution in [3.05, 3.63) is 42.1 Å². The lowest BCUT2D eigenvalue weighted by Crippen LogP contribution is -2.31. The molecule has 0 aliphatic heterocycles. The van der Waals surface area contributed by atoms with Gasteiger partial charge in [-0.05, 0) is 25.0 Å². The van der Waals surface area contributed by atoms with Crippen LogP contribution >= 0.6 is 0 Å². The molecular weight excluding hydrogens is 298 g/mol. The third-order valence-electron chi connectivity index (χ3n) is 3.13. The van der Waals surface area contributed by atoms with Crippen molar-refractivity contribution in [1.82, 2.24) is 15.3 Å². The number of carbonyl (C=O) groups excluding carboxylic acids is 1. The van der Waals surface area contributed by atoms with Crippen LogP contribution in [0.1, 0.15) is 19.4 Å². The van der Waals surface area contributed by atoms with E-state index in [1.54, 1.807) is 18.5 Å². The van der Waals surface area contributed by atoms with E-state index in [0.29, 0.717) is 5.16 Å². The highest BCUT2D eigenvalue weighted by molar-refractivity contribution is 7.84. The number of nitrogens with zero attached hydrogens (tertiary/aromatic N) is 2. The maximum atomic E-state index is 11.4. The van der Waals surface area contributed by atoms with Gasteiger partial charge in [0, 0.05) is 31.0 Å². The Morgan fingerprint density at radius 2 is 1.95 bits per heavy atom. The largest absolute Gasteiger partial charge is 0.354 e. The SMILES string of the molecule is CC(=O)NC(C)Cc1ccc(-c2ccnc(S(C)=O)n2)cc1. The van der Waals surface area contributed by atoms with Gasteiger partial charge in [-0.2, -0.15) is 0 Å². The van der Waals surface area contributed by atoms with E-state index in [2.05, 4.69) is 15.3 Å². The molecule has 2 atom stereocenters. The van der Waals surface area contributed by atoms with Gasteiger partial charge in [0.25, 0.3) is 0 Å². The first-order valence-corrected chi connectivity index (χ1v) is 8.54. The third kappa shape index (κ3) is 4.46. The first-order valence-electron chi connectivity index (χ1n) is 6.98. The van der Waals surface area contributed by atoms with E-state index in [4.69, 9.17) is 0 Å². The lowest BCUT2D eigenvalue weighted by molar-refractivity contribution is -0.119. The van der Waals surface area contributed by atoms with Gasteiger partial charge in [0.2, 0.25) is 11.1 Å². The van der Waals surface area contributed by atoms with Gasteiger partial charge in [-0.15, -0.1) is 0 Å². The second kappa shape index (κ2) is 7.26. The summed E-state index contributed by atoms with van der Waals surface area (Å²) in [6.07, 6.45) is 3.95. The molecule has 0 fully saturated rings. The van der Waals surface area contributed by atoms with E-state index in [0.717, 1.165) is 23.2 Å². The molecule has 1 N–H and O–H groups in total. The van der Waals surface area contributed by atoms with E-state index in [9.17, 15) is 9.00 Å². The predicted octanol–water partition coefficient (Wildman–Crippen LogP) is 1.95. The van der Waals surface area contributed by atoms with Crippen molar-refractivity contribution >= 4 is 16.7 Å². The monoisotopic (exact) mass is 317 g/mol. The lowest BCUT2D eigenvalue weighted by atomic mass is 10.0. The fourth-order valence-electron chi connectivity index (χ4n) is 2.20. The van der Waals surface area contributed by atoms with Gasteiger partial charge in [-0.1, -0.05) is 24.3 Å². The second-order valence-corrected chi connectivity index (χ2v) is 6.45. The summed E-state index contributed by atoms with van der Waals surface area (Å²) >= 11 is 0. The van der Waals surface area contributed by atoms with E-state index in [1.165, 1.54) is 6.92 Å². The molecule has 22 heavy (non-hydrogen) atoms. The molecule has 0 aliphatic rings. The smallest absolute Gasteiger partial charge is 0.218 e. The molecule has 2 rings (SSSR count). The zero-order valence-corrected chi connectivity index (χ0v) is 13.7. The molecule has 1 amide bonds. The average molecular weight is 317 g/mol. The fourth-order valence-corrected chi connectivity index (χ4v) is 2.64. The molecule has 0 saturated carbocycles. The van der Waals surface area contributed by atoms with Crippen LogP contribution in [0.4, 0.5) is 0 Å². The highest BCUT2D eigenvalue weighted by Gasteiger charge is 2.07. The van der Waals surface area contributed by atoms with Crippen molar-refractivity contribution in [3.8, 4) is 11.3 Å². The molecule has 6 heteroatoms. The Kier molecular flexibility index (Phi) is 5.38. The Hall–Kier alpha value is -2.08. The molecule has 0 saturated heterocycles. The van der Waals surface area contributed by atoms with E-state index in [1.807, 2.05) is 31.2 Å². The summed E-state index contributed by atoms with van der Waals surface area (Å²) in [5.41, 5.74) is 2.84. The minimum atomic E-state index is -1.19. The Bertz CT molecular complexity index is 686. The van der Waals surface area contributed by atoms with Crippen molar-refractivity contribution in [2.45, 2.75) is 31.5 Å². The normalized spacial score (nSPS) is 13.4. The second-order valence-electron chi connectivity index (χ2n) is 5.18. The molecule has 0 spiro atoms. The minimum Gasteiger partial charge on any atom is -0.354 e. The van der Waals surface area contributed by atoms with Crippen LogP contribution in [0.15, 0.2) is 41.7 Å². The lowest BCUT2D eigenvalue weighted by Gasteiger charge is -2.12. The van der Waals surface area contributed by atoms with Crippen molar-refractivity contribution < 1.29 is 9.00 Å². The van der Waals surface area contributed by atoms with Gasteiger partial charge in [0.1, 0.15) is 0 Å². The van der Waals surface area contributed by atoms with Crippen molar-refractivity contribution in [2.75, 3.05) is 6.26 Å². The van der Waals surface area contributed by atoms with Crippen LogP contribution in [0.3, 0.4) is 0 Å². The number of nitrogens with one attached hydrogen (secondary N) is 1. The molecule has 1 aromatic heterocycles. The zero-order chi connectivity index (χ0) is 16.1. The molecule has 2 aromatic rings. The van der Waals surface area contributed by atoms with Crippen LogP contribution in [0.5, 0.6) is 0 Å². The zero-order valence-electron chi connectivity index (χ0n) is 12.9. The van der Waals surface area contributed by atoms with Gasteiger partial charge in [0.05, 0.1) is 16.5 Å². The molecule has 0 bridgehead atoms. The quantitative estimate of drug-likeness (QED) is 0.856. The summed E-state index contributed by atoms with van der Waals surface area (Å²) in [4.78, 5) is 19.3. The number of hydrogen-bond acceptors (Lipinski definition) is 4. The summed E-state index contributed by atoms with van der Waals surface area (Å²) in [6, 6.07) is 9.86. The van der Waals surface area contributed by atoms with Crippen LogP contribution in [0, 0.1) is 0 Å². The highest BCUT2D eigenvalue weighted by Crippen LogP contribution is 2.18. The molecule has 2 unspecified atom stereocenters. The summed E-state index contributed by atoms with van der Waals surface area (Å²) in [5, 5.41) is 3.20. The van der Waals surface area contributed by atoms with Gasteiger partial charge < -0.3 is 5.32 Å². The number of benzene rings is 1. The van der Waals surface area contributed by atoms with Crippen molar-refractivity contribution in [2.24, 2.45) is 0 Å². The highest BCUT2D eigenvalue weighted by atomic mass is 32.2. The average Bonchev–Trinajstić information content (AvgIpc) is 2.47. The Morgan fingerprint density at radius 1 is 1.27 bits per heavy atom. The van der Waals surface area contributed by atoms with Crippen molar-refractivity contribution in [1.29, 1.82) is 0 Å². The molecule has 1 heterocycles. The fraction of sp³-hybridized carbons (Fsp3) is 0.312. The molecule has 0 aliphatic carbocycles. The van der Waals surface area contributed by atoms with Gasteiger partial charge in [-0.3, -0.25) is 9.00 Å². The van der Waals surface area contributed by atoms with Gasteiger partial charge in [-0.25, -0.2) is 9.97 Å². The molecule has 0 radical (unpaired) electrons. The Labute approximate surface area is 132 Å². The number of rotatable bonds is 5. The molecule has 5 nitrogen and oxygen atoms in total. The maximum Gasteiger partial charge on any atom is 0.218 e. The summed E-state index contributed by atoms with van der Waals surface area (Å²) < 4.78 is 11.4. The van der Waals surface area contributed by atoms with E-state index in [-0.39, 0.29) is 11.9 Å². The number of aromatic nitrogens is 2. The van der Waals surface area contributed by atoms with Crippen LogP contribution in [0.2, 0.25) is 0 Å². The summed E-state index contributed by atoms with van der Waals surface area (Å²) in [6.45, 7) is 3.49. The number of carbonyl (C=O) groups is 1. The Morgan fingerprint density at radius 3 is 2.55 bits per heavy atom. The van der Waals surface area contributed by atoms with E-state index >= 15 is 0 Å². The number of amides is 1. The van der Waals surface area contributed by atoms with Crippen molar-refractivity contribution in [3.63, 3.8) is 0 Å². The van der Waals surface area contributed by atoms with Crippen LogP contribution in [0.25, 0.3) is 11.3 Å². The van der Waals surface area contributed by atoms with Gasteiger partial charge >= 0.3 is 0 Å². The molecule has 116 valence electrons. The van der Waals surface area contributed by atoms with Crippen LogP contribution in [-0.2, 0) is 22.0 Å². The van der Waals surface area contributed by atoms with Crippen LogP contribution in [-0.4, -0.2) is 32.4 Å². The minimum absolute atomic E-state index is 0.0230. The number of hydrogen-bond donors (Lipinski definition) is 1. The van der Waals surface area contributed by atoms with E-state index < -0.39 is 10.8 Å².